The highest BCUT2D eigenvalue weighted by Crippen LogP contribution is 2.07. The number of ether oxygens (including phenoxy) is 1. The molecule has 0 fully saturated rings. The maximum atomic E-state index is 11.6. The Morgan fingerprint density at radius 2 is 2.25 bits per heavy atom. The predicted octanol–water partition coefficient (Wildman–Crippen LogP) is -2.20. The van der Waals surface area contributed by atoms with Gasteiger partial charge in [-0.05, 0) is 29.2 Å². The molecule has 92 valence electrons. The minimum absolute atomic E-state index is 0. The van der Waals surface area contributed by atoms with Gasteiger partial charge < -0.3 is 33.6 Å². The van der Waals surface area contributed by atoms with Crippen LogP contribution >= 0.6 is 0 Å². The fourth-order valence-electron chi connectivity index (χ4n) is 1.21. The van der Waals surface area contributed by atoms with Gasteiger partial charge in [0.15, 0.2) is 0 Å². The van der Waals surface area contributed by atoms with Gasteiger partial charge in [0.25, 0.3) is 0 Å². The minimum Gasteiger partial charge on any atom is -1.00 e. The number of allylic oxidation sites excluding steroid dienone is 2. The monoisotopic (exact) mass is 355 g/mol. The van der Waals surface area contributed by atoms with Crippen molar-refractivity contribution in [2.24, 2.45) is 0 Å². The van der Waals surface area contributed by atoms with Crippen LogP contribution in [0.4, 0.5) is 0 Å². The summed E-state index contributed by atoms with van der Waals surface area (Å²) < 4.78 is 5.18. The first-order chi connectivity index (χ1) is 7.09. The van der Waals surface area contributed by atoms with Crippen molar-refractivity contribution >= 4 is 16.9 Å². The van der Waals surface area contributed by atoms with E-state index in [1.807, 2.05) is 30.3 Å². The third-order valence-electron chi connectivity index (χ3n) is 2.04. The fourth-order valence-corrected chi connectivity index (χ4v) is 1.62. The van der Waals surface area contributed by atoms with Crippen LogP contribution in [0.3, 0.4) is 0 Å². The number of halogens is 1. The van der Waals surface area contributed by atoms with Crippen molar-refractivity contribution < 1.29 is 33.5 Å². The summed E-state index contributed by atoms with van der Waals surface area (Å²) in [7, 11) is 2.27. The molecule has 0 radical (unpaired) electrons. The second-order valence-corrected chi connectivity index (χ2v) is 6.15. The number of hydrogen-bond acceptors (Lipinski definition) is 3. The Bertz CT molecular complexity index is 290. The molecular formula is C11H18INO2S. The molecule has 0 unspecified atom stereocenters. The van der Waals surface area contributed by atoms with Crippen LogP contribution in [0.5, 0.6) is 0 Å². The lowest BCUT2D eigenvalue weighted by Crippen LogP contribution is -3.00. The standard InChI is InChI=1S/C11H18NO2S.HI/c1-12-6-4-5-10(9-12)11(13)14-7-8-15(2)3;/h4-6H,7-9H2,1-3H3;1H/q+1;/p-1. The highest BCUT2D eigenvalue weighted by Gasteiger charge is 2.14. The molecule has 0 aromatic carbocycles. The summed E-state index contributed by atoms with van der Waals surface area (Å²) in [5, 5.41) is 0. The van der Waals surface area contributed by atoms with Gasteiger partial charge in [0, 0.05) is 13.6 Å². The molecule has 0 spiro atoms. The van der Waals surface area contributed by atoms with Crippen molar-refractivity contribution in [1.29, 1.82) is 0 Å². The number of likely N-dealkylation sites (N-methyl/N-ethyl adjacent to an activating group) is 1. The number of carbonyl (C=O) groups excluding carboxylic acids is 1. The summed E-state index contributed by atoms with van der Waals surface area (Å²) >= 11 is 0. The molecule has 0 amide bonds. The molecule has 0 atom stereocenters. The van der Waals surface area contributed by atoms with E-state index in [1.54, 1.807) is 0 Å². The van der Waals surface area contributed by atoms with Crippen LogP contribution in [-0.4, -0.2) is 49.3 Å². The Morgan fingerprint density at radius 1 is 1.56 bits per heavy atom. The summed E-state index contributed by atoms with van der Waals surface area (Å²) in [4.78, 5) is 13.5. The Kier molecular flexibility index (Phi) is 7.91. The minimum atomic E-state index is -0.184. The van der Waals surface area contributed by atoms with Crippen LogP contribution in [0.2, 0.25) is 0 Å². The maximum absolute atomic E-state index is 11.6. The molecule has 5 heteroatoms. The van der Waals surface area contributed by atoms with Gasteiger partial charge in [-0.15, -0.1) is 0 Å². The molecule has 0 aliphatic carbocycles. The third-order valence-corrected chi connectivity index (χ3v) is 3.03. The van der Waals surface area contributed by atoms with Gasteiger partial charge in [0.1, 0.15) is 12.4 Å². The molecule has 0 aromatic heterocycles. The van der Waals surface area contributed by atoms with Crippen LogP contribution in [0.1, 0.15) is 0 Å². The van der Waals surface area contributed by atoms with E-state index in [0.29, 0.717) is 24.0 Å². The van der Waals surface area contributed by atoms with Gasteiger partial charge in [-0.25, -0.2) is 4.79 Å². The van der Waals surface area contributed by atoms with Crippen molar-refractivity contribution in [2.45, 2.75) is 0 Å². The van der Waals surface area contributed by atoms with Crippen LogP contribution in [-0.2, 0) is 20.4 Å². The number of esters is 1. The lowest BCUT2D eigenvalue weighted by molar-refractivity contribution is -0.138. The fraction of sp³-hybridized carbons (Fsp3) is 0.545. The molecule has 0 N–H and O–H groups in total. The quantitative estimate of drug-likeness (QED) is 0.326. The van der Waals surface area contributed by atoms with Gasteiger partial charge >= 0.3 is 5.97 Å². The van der Waals surface area contributed by atoms with Crippen LogP contribution in [0.15, 0.2) is 23.9 Å². The van der Waals surface area contributed by atoms with E-state index < -0.39 is 0 Å². The molecule has 0 aromatic rings. The van der Waals surface area contributed by atoms with Crippen LogP contribution < -0.4 is 24.0 Å². The highest BCUT2D eigenvalue weighted by molar-refractivity contribution is 7.95. The molecule has 1 rings (SSSR count). The number of rotatable bonds is 4. The van der Waals surface area contributed by atoms with Gasteiger partial charge in [0.05, 0.1) is 18.1 Å². The summed E-state index contributed by atoms with van der Waals surface area (Å²) in [6.07, 6.45) is 9.91. The molecule has 0 bridgehead atoms. The molecule has 0 saturated heterocycles. The molecule has 3 nitrogen and oxygen atoms in total. The summed E-state index contributed by atoms with van der Waals surface area (Å²) in [5.74, 6) is 0.765. The second-order valence-electron chi connectivity index (χ2n) is 3.77. The first-order valence-electron chi connectivity index (χ1n) is 4.88. The summed E-state index contributed by atoms with van der Waals surface area (Å²) in [6.45, 7) is 1.17. The van der Waals surface area contributed by atoms with Gasteiger partial charge in [0.2, 0.25) is 0 Å². The van der Waals surface area contributed by atoms with Crippen molar-refractivity contribution in [1.82, 2.24) is 4.90 Å². The maximum Gasteiger partial charge on any atom is 0.335 e. The topological polar surface area (TPSA) is 29.5 Å². The zero-order valence-corrected chi connectivity index (χ0v) is 12.9. The normalized spacial score (nSPS) is 14.5. The average Bonchev–Trinajstić information content (AvgIpc) is 2.17. The third kappa shape index (κ3) is 5.79. The van der Waals surface area contributed by atoms with E-state index in [-0.39, 0.29) is 29.9 Å². The molecule has 1 aliphatic heterocycles. The van der Waals surface area contributed by atoms with Gasteiger partial charge in [-0.3, -0.25) is 0 Å². The van der Waals surface area contributed by atoms with E-state index in [4.69, 9.17) is 4.74 Å². The second kappa shape index (κ2) is 8.00. The molecule has 1 heterocycles. The van der Waals surface area contributed by atoms with Crippen molar-refractivity contribution in [3.05, 3.63) is 23.9 Å². The molecule has 1 aliphatic rings. The average molecular weight is 355 g/mol. The molecular weight excluding hydrogens is 337 g/mol. The zero-order valence-electron chi connectivity index (χ0n) is 9.90. The van der Waals surface area contributed by atoms with E-state index in [2.05, 4.69) is 12.5 Å². The first kappa shape index (κ1) is 15.8. The SMILES string of the molecule is CN1C=CC=C(C(=O)OCC[S+](C)C)C1.[I-]. The Hall–Kier alpha value is -0.170. The van der Waals surface area contributed by atoms with Crippen molar-refractivity contribution in [2.75, 3.05) is 38.5 Å². The lowest BCUT2D eigenvalue weighted by Gasteiger charge is -2.18. The van der Waals surface area contributed by atoms with Gasteiger partial charge in [-0.2, -0.15) is 0 Å². The number of carbonyl (C=O) groups is 1. The predicted molar refractivity (Wildman–Crippen MR) is 64.9 cm³/mol. The molecule has 0 saturated carbocycles. The first-order valence-corrected chi connectivity index (χ1v) is 7.09. The molecule has 16 heavy (non-hydrogen) atoms. The van der Waals surface area contributed by atoms with Crippen molar-refractivity contribution in [3.63, 3.8) is 0 Å². The Labute approximate surface area is 117 Å². The lowest BCUT2D eigenvalue weighted by atomic mass is 10.2. The Balaban J connectivity index is 0.00000225. The van der Waals surface area contributed by atoms with Crippen LogP contribution in [0, 0.1) is 0 Å². The smallest absolute Gasteiger partial charge is 0.335 e. The zero-order chi connectivity index (χ0) is 11.3. The van der Waals surface area contributed by atoms with E-state index in [1.165, 1.54) is 0 Å². The van der Waals surface area contributed by atoms with E-state index in [9.17, 15) is 4.79 Å². The van der Waals surface area contributed by atoms with E-state index >= 15 is 0 Å². The van der Waals surface area contributed by atoms with Crippen molar-refractivity contribution in [3.8, 4) is 0 Å². The largest absolute Gasteiger partial charge is 1.00 e. The summed E-state index contributed by atoms with van der Waals surface area (Å²) in [6, 6.07) is 0. The van der Waals surface area contributed by atoms with Gasteiger partial charge in [-0.1, -0.05) is 0 Å². The number of hydrogen-bond donors (Lipinski definition) is 0. The Morgan fingerprint density at radius 3 is 2.81 bits per heavy atom. The summed E-state index contributed by atoms with van der Waals surface area (Å²) in [5.41, 5.74) is 0.729. The van der Waals surface area contributed by atoms with E-state index in [0.717, 1.165) is 11.3 Å². The highest BCUT2D eigenvalue weighted by atomic mass is 127. The van der Waals surface area contributed by atoms with Crippen LogP contribution in [0.25, 0.3) is 0 Å². The number of nitrogens with zero attached hydrogens (tertiary/aromatic N) is 1.